The molecule has 1 aromatic carbocycles. The zero-order chi connectivity index (χ0) is 16.4. The predicted octanol–water partition coefficient (Wildman–Crippen LogP) is 2.83. The summed E-state index contributed by atoms with van der Waals surface area (Å²) in [6, 6.07) is 5.59. The van der Waals surface area contributed by atoms with E-state index in [9.17, 15) is 13.6 Å². The van der Waals surface area contributed by atoms with Crippen molar-refractivity contribution in [3.05, 3.63) is 47.3 Å². The quantitative estimate of drug-likeness (QED) is 0.942. The van der Waals surface area contributed by atoms with Crippen LogP contribution in [0, 0.1) is 0 Å². The molecule has 1 aliphatic rings. The molecule has 0 saturated heterocycles. The maximum atomic E-state index is 12.3. The molecule has 1 atom stereocenters. The lowest BCUT2D eigenvalue weighted by molar-refractivity contribution is -0.0498. The molecule has 0 spiro atoms. The molecule has 0 radical (unpaired) electrons. The van der Waals surface area contributed by atoms with Gasteiger partial charge in [-0.25, -0.2) is 0 Å². The first-order valence-corrected chi connectivity index (χ1v) is 7.41. The lowest BCUT2D eigenvalue weighted by Crippen LogP contribution is -2.30. The summed E-state index contributed by atoms with van der Waals surface area (Å²) in [6.45, 7) is -2.87. The van der Waals surface area contributed by atoms with Crippen molar-refractivity contribution in [1.82, 2.24) is 15.1 Å². The van der Waals surface area contributed by atoms with Crippen molar-refractivity contribution in [1.29, 1.82) is 0 Å². The molecule has 7 heteroatoms. The van der Waals surface area contributed by atoms with Crippen molar-refractivity contribution >= 4 is 5.91 Å². The topological polar surface area (TPSA) is 56.2 Å². The summed E-state index contributed by atoms with van der Waals surface area (Å²) in [5.74, 6) is -0.209. The van der Waals surface area contributed by atoms with Gasteiger partial charge in [-0.3, -0.25) is 9.48 Å². The largest absolute Gasteiger partial charge is 0.435 e. The minimum absolute atomic E-state index is 0.0313. The number of hydrogen-bond acceptors (Lipinski definition) is 3. The van der Waals surface area contributed by atoms with Gasteiger partial charge in [-0.05, 0) is 43.5 Å². The van der Waals surface area contributed by atoms with Crippen LogP contribution >= 0.6 is 0 Å². The summed E-state index contributed by atoms with van der Waals surface area (Å²) in [4.78, 5) is 12.3. The molecule has 1 unspecified atom stereocenters. The highest BCUT2D eigenvalue weighted by atomic mass is 19.3. The fraction of sp³-hybridized carbons (Fsp3) is 0.375. The van der Waals surface area contributed by atoms with Crippen molar-refractivity contribution in [3.63, 3.8) is 0 Å². The molecule has 1 amide bonds. The third kappa shape index (κ3) is 3.49. The lowest BCUT2D eigenvalue weighted by atomic mass is 9.93. The average Bonchev–Trinajstić information content (AvgIpc) is 2.88. The molecule has 1 heterocycles. The summed E-state index contributed by atoms with van der Waals surface area (Å²) < 4.78 is 30.3. The predicted molar refractivity (Wildman–Crippen MR) is 79.4 cm³/mol. The molecule has 1 aliphatic carbocycles. The van der Waals surface area contributed by atoms with E-state index in [1.165, 1.54) is 24.3 Å². The molecule has 0 bridgehead atoms. The van der Waals surface area contributed by atoms with Crippen LogP contribution in [0.1, 0.15) is 40.5 Å². The van der Waals surface area contributed by atoms with Crippen LogP contribution in [0.5, 0.6) is 5.75 Å². The van der Waals surface area contributed by atoms with Crippen LogP contribution < -0.4 is 10.1 Å². The first-order chi connectivity index (χ1) is 11.0. The molecular weight excluding hydrogens is 304 g/mol. The minimum atomic E-state index is -2.87. The number of ether oxygens (including phenoxy) is 1. The Morgan fingerprint density at radius 2 is 2.13 bits per heavy atom. The maximum Gasteiger partial charge on any atom is 0.387 e. The third-order valence-corrected chi connectivity index (χ3v) is 3.87. The van der Waals surface area contributed by atoms with Gasteiger partial charge in [0.2, 0.25) is 0 Å². The number of carbonyl (C=O) groups is 1. The Hall–Kier alpha value is -2.44. The number of halogens is 2. The van der Waals surface area contributed by atoms with Crippen molar-refractivity contribution in [3.8, 4) is 5.75 Å². The Morgan fingerprint density at radius 3 is 2.83 bits per heavy atom. The van der Waals surface area contributed by atoms with Gasteiger partial charge in [-0.15, -0.1) is 0 Å². The number of nitrogens with zero attached hydrogens (tertiary/aromatic N) is 2. The number of hydrogen-bond donors (Lipinski definition) is 1. The minimum Gasteiger partial charge on any atom is -0.435 e. The highest BCUT2D eigenvalue weighted by molar-refractivity contribution is 5.94. The van der Waals surface area contributed by atoms with E-state index in [-0.39, 0.29) is 17.7 Å². The highest BCUT2D eigenvalue weighted by Crippen LogP contribution is 2.29. The van der Waals surface area contributed by atoms with E-state index in [1.807, 2.05) is 13.2 Å². The Labute approximate surface area is 132 Å². The fourth-order valence-corrected chi connectivity index (χ4v) is 2.85. The number of benzene rings is 1. The van der Waals surface area contributed by atoms with Crippen LogP contribution in [0.3, 0.4) is 0 Å². The van der Waals surface area contributed by atoms with Crippen LogP contribution in [0.4, 0.5) is 8.78 Å². The van der Waals surface area contributed by atoms with Crippen molar-refractivity contribution < 1.29 is 18.3 Å². The molecule has 23 heavy (non-hydrogen) atoms. The van der Waals surface area contributed by atoms with Gasteiger partial charge in [0, 0.05) is 24.4 Å². The molecule has 0 fully saturated rings. The third-order valence-electron chi connectivity index (χ3n) is 3.87. The van der Waals surface area contributed by atoms with Crippen LogP contribution in [-0.4, -0.2) is 22.3 Å². The summed E-state index contributed by atoms with van der Waals surface area (Å²) in [5, 5.41) is 7.38. The Morgan fingerprint density at radius 1 is 1.39 bits per heavy atom. The van der Waals surface area contributed by atoms with E-state index >= 15 is 0 Å². The van der Waals surface area contributed by atoms with E-state index in [0.717, 1.165) is 30.5 Å². The van der Waals surface area contributed by atoms with Gasteiger partial charge in [-0.2, -0.15) is 13.9 Å². The molecule has 5 nitrogen and oxygen atoms in total. The van der Waals surface area contributed by atoms with E-state index in [1.54, 1.807) is 4.68 Å². The normalized spacial score (nSPS) is 17.0. The fourth-order valence-electron chi connectivity index (χ4n) is 2.85. The van der Waals surface area contributed by atoms with Gasteiger partial charge in [0.15, 0.2) is 0 Å². The average molecular weight is 321 g/mol. The van der Waals surface area contributed by atoms with Gasteiger partial charge in [0.05, 0.1) is 11.7 Å². The van der Waals surface area contributed by atoms with Crippen LogP contribution in [0.15, 0.2) is 30.5 Å². The van der Waals surface area contributed by atoms with E-state index in [0.29, 0.717) is 5.56 Å². The van der Waals surface area contributed by atoms with Gasteiger partial charge >= 0.3 is 6.61 Å². The second-order valence-corrected chi connectivity index (χ2v) is 5.53. The van der Waals surface area contributed by atoms with Gasteiger partial charge in [-0.1, -0.05) is 0 Å². The van der Waals surface area contributed by atoms with Crippen molar-refractivity contribution in [2.75, 3.05) is 0 Å². The number of nitrogens with one attached hydrogen (secondary N) is 1. The van der Waals surface area contributed by atoms with E-state index in [2.05, 4.69) is 15.2 Å². The van der Waals surface area contributed by atoms with Crippen LogP contribution in [-0.2, 0) is 13.5 Å². The van der Waals surface area contributed by atoms with Crippen molar-refractivity contribution in [2.45, 2.75) is 31.9 Å². The molecule has 1 N–H and O–H groups in total. The highest BCUT2D eigenvalue weighted by Gasteiger charge is 2.24. The van der Waals surface area contributed by atoms with Crippen LogP contribution in [0.25, 0.3) is 0 Å². The number of alkyl halides is 2. The second-order valence-electron chi connectivity index (χ2n) is 5.53. The molecule has 0 aliphatic heterocycles. The standard InChI is InChI=1S/C16H17F2N3O2/c1-21-9-12-13(3-2-4-14(12)20-21)19-15(22)10-5-7-11(8-6-10)23-16(17)18/h5-9,13,16H,2-4H2,1H3,(H,19,22). The second kappa shape index (κ2) is 6.36. The van der Waals surface area contributed by atoms with Crippen molar-refractivity contribution in [2.24, 2.45) is 7.05 Å². The number of aryl methyl sites for hydroxylation is 2. The molecular formula is C16H17F2N3O2. The maximum absolute atomic E-state index is 12.3. The molecule has 122 valence electrons. The summed E-state index contributed by atoms with van der Waals surface area (Å²) in [7, 11) is 1.86. The zero-order valence-corrected chi connectivity index (χ0v) is 12.6. The van der Waals surface area contributed by atoms with E-state index < -0.39 is 6.61 Å². The number of rotatable bonds is 4. The summed E-state index contributed by atoms with van der Waals surface area (Å²) in [5.41, 5.74) is 2.47. The van der Waals surface area contributed by atoms with Crippen LogP contribution in [0.2, 0.25) is 0 Å². The van der Waals surface area contributed by atoms with Gasteiger partial charge < -0.3 is 10.1 Å². The SMILES string of the molecule is Cn1cc2c(n1)CCCC2NC(=O)c1ccc(OC(F)F)cc1. The number of aromatic nitrogens is 2. The van der Waals surface area contributed by atoms with Gasteiger partial charge in [0.1, 0.15) is 5.75 Å². The smallest absolute Gasteiger partial charge is 0.387 e. The first kappa shape index (κ1) is 15.5. The lowest BCUT2D eigenvalue weighted by Gasteiger charge is -2.22. The first-order valence-electron chi connectivity index (χ1n) is 7.41. The number of fused-ring (bicyclic) bond motifs is 1. The Kier molecular flexibility index (Phi) is 4.27. The molecule has 1 aromatic heterocycles. The summed E-state index contributed by atoms with van der Waals surface area (Å²) >= 11 is 0. The van der Waals surface area contributed by atoms with Gasteiger partial charge in [0.25, 0.3) is 5.91 Å². The monoisotopic (exact) mass is 321 g/mol. The molecule has 0 saturated carbocycles. The molecule has 3 rings (SSSR count). The number of amides is 1. The Bertz CT molecular complexity index is 698. The summed E-state index contributed by atoms with van der Waals surface area (Å²) in [6.07, 6.45) is 4.67. The molecule has 2 aromatic rings. The van der Waals surface area contributed by atoms with E-state index in [4.69, 9.17) is 0 Å². The Balaban J connectivity index is 1.70. The number of carbonyl (C=O) groups excluding carboxylic acids is 1. The zero-order valence-electron chi connectivity index (χ0n) is 12.6.